The maximum Gasteiger partial charge on any atom is 0.272 e. The molecule has 2 aromatic rings. The van der Waals surface area contributed by atoms with E-state index in [4.69, 9.17) is 0 Å². The number of nitrogens with zero attached hydrogens (tertiary/aromatic N) is 1. The van der Waals surface area contributed by atoms with Crippen molar-refractivity contribution >= 4 is 11.4 Å². The lowest BCUT2D eigenvalue weighted by molar-refractivity contribution is -0.385. The predicted molar refractivity (Wildman–Crippen MR) is 77.6 cm³/mol. The monoisotopic (exact) mass is 290 g/mol. The first-order valence-corrected chi connectivity index (χ1v) is 6.35. The van der Waals surface area contributed by atoms with Gasteiger partial charge in [0.15, 0.2) is 5.82 Å². The molecule has 1 atom stereocenters. The molecule has 0 aromatic heterocycles. The summed E-state index contributed by atoms with van der Waals surface area (Å²) in [5.41, 5.74) is -0.326. The Morgan fingerprint density at radius 2 is 1.95 bits per heavy atom. The zero-order valence-corrected chi connectivity index (χ0v) is 11.4. The summed E-state index contributed by atoms with van der Waals surface area (Å²) in [5, 5.41) is 23.2. The van der Waals surface area contributed by atoms with Crippen LogP contribution in [0.25, 0.3) is 0 Å². The van der Waals surface area contributed by atoms with E-state index in [1.165, 1.54) is 12.1 Å². The normalized spacial score (nSPS) is 13.5. The SMILES string of the molecule is CC(CO)(Nc1ccc([N+](=O)[O-])cc1F)c1ccccc1. The van der Waals surface area contributed by atoms with Gasteiger partial charge in [-0.3, -0.25) is 10.1 Å². The summed E-state index contributed by atoms with van der Waals surface area (Å²) in [5.74, 6) is -0.736. The van der Waals surface area contributed by atoms with Crippen molar-refractivity contribution in [1.82, 2.24) is 0 Å². The highest BCUT2D eigenvalue weighted by Gasteiger charge is 2.26. The van der Waals surface area contributed by atoms with Crippen molar-refractivity contribution < 1.29 is 14.4 Å². The Morgan fingerprint density at radius 3 is 2.48 bits per heavy atom. The van der Waals surface area contributed by atoms with Gasteiger partial charge in [0, 0.05) is 6.07 Å². The number of halogens is 1. The molecule has 0 aliphatic heterocycles. The summed E-state index contributed by atoms with van der Waals surface area (Å²) in [6.45, 7) is 1.47. The molecule has 6 heteroatoms. The molecule has 2 rings (SSSR count). The van der Waals surface area contributed by atoms with Gasteiger partial charge in [-0.2, -0.15) is 0 Å². The van der Waals surface area contributed by atoms with Gasteiger partial charge in [-0.25, -0.2) is 4.39 Å². The Labute approximate surface area is 121 Å². The van der Waals surface area contributed by atoms with Gasteiger partial charge in [0.05, 0.1) is 28.8 Å². The van der Waals surface area contributed by atoms with Crippen molar-refractivity contribution in [2.24, 2.45) is 0 Å². The van der Waals surface area contributed by atoms with E-state index in [2.05, 4.69) is 5.32 Å². The van der Waals surface area contributed by atoms with Crippen molar-refractivity contribution in [3.63, 3.8) is 0 Å². The van der Waals surface area contributed by atoms with Gasteiger partial charge in [-0.15, -0.1) is 0 Å². The topological polar surface area (TPSA) is 75.4 Å². The number of hydrogen-bond acceptors (Lipinski definition) is 4. The molecular weight excluding hydrogens is 275 g/mol. The Morgan fingerprint density at radius 1 is 1.29 bits per heavy atom. The quantitative estimate of drug-likeness (QED) is 0.655. The number of nitrogens with one attached hydrogen (secondary N) is 1. The lowest BCUT2D eigenvalue weighted by Crippen LogP contribution is -2.36. The van der Waals surface area contributed by atoms with E-state index in [-0.39, 0.29) is 18.0 Å². The minimum atomic E-state index is -0.891. The minimum Gasteiger partial charge on any atom is -0.394 e. The number of benzene rings is 2. The molecule has 0 aliphatic carbocycles. The number of nitro benzene ring substituents is 1. The number of anilines is 1. The van der Waals surface area contributed by atoms with Crippen LogP contribution in [0.15, 0.2) is 48.5 Å². The zero-order valence-electron chi connectivity index (χ0n) is 11.4. The van der Waals surface area contributed by atoms with Gasteiger partial charge in [0.1, 0.15) is 0 Å². The van der Waals surface area contributed by atoms with E-state index < -0.39 is 16.3 Å². The molecule has 0 saturated heterocycles. The smallest absolute Gasteiger partial charge is 0.272 e. The third-order valence-corrected chi connectivity index (χ3v) is 3.30. The molecule has 5 nitrogen and oxygen atoms in total. The number of non-ortho nitro benzene ring substituents is 1. The summed E-state index contributed by atoms with van der Waals surface area (Å²) in [7, 11) is 0. The van der Waals surface area contributed by atoms with Crippen LogP contribution in [0.2, 0.25) is 0 Å². The predicted octanol–water partition coefficient (Wildman–Crippen LogP) is 3.05. The van der Waals surface area contributed by atoms with Gasteiger partial charge in [-0.1, -0.05) is 30.3 Å². The maximum absolute atomic E-state index is 13.9. The minimum absolute atomic E-state index is 0.0982. The summed E-state index contributed by atoms with van der Waals surface area (Å²) < 4.78 is 13.9. The van der Waals surface area contributed by atoms with Crippen LogP contribution in [-0.2, 0) is 5.54 Å². The Hall–Kier alpha value is -2.47. The van der Waals surface area contributed by atoms with E-state index in [1.54, 1.807) is 6.92 Å². The van der Waals surface area contributed by atoms with Gasteiger partial charge >= 0.3 is 0 Å². The zero-order chi connectivity index (χ0) is 15.5. The molecule has 110 valence electrons. The molecule has 0 spiro atoms. The van der Waals surface area contributed by atoms with Crippen LogP contribution < -0.4 is 5.32 Å². The van der Waals surface area contributed by atoms with E-state index in [9.17, 15) is 19.6 Å². The van der Waals surface area contributed by atoms with Crippen LogP contribution in [0, 0.1) is 15.9 Å². The van der Waals surface area contributed by atoms with E-state index >= 15 is 0 Å². The molecule has 0 radical (unpaired) electrons. The molecule has 2 aromatic carbocycles. The van der Waals surface area contributed by atoms with Crippen LogP contribution in [0.3, 0.4) is 0 Å². The number of nitro groups is 1. The average molecular weight is 290 g/mol. The van der Waals surface area contributed by atoms with Crippen molar-refractivity contribution in [3.05, 3.63) is 70.0 Å². The fourth-order valence-corrected chi connectivity index (χ4v) is 2.03. The maximum atomic E-state index is 13.9. The first kappa shape index (κ1) is 14.9. The largest absolute Gasteiger partial charge is 0.394 e. The summed E-state index contributed by atoms with van der Waals surface area (Å²) in [6.07, 6.45) is 0. The standard InChI is InChI=1S/C15H15FN2O3/c1-15(10-19,11-5-3-2-4-6-11)17-14-8-7-12(18(20)21)9-13(14)16/h2-9,17,19H,10H2,1H3. The van der Waals surface area contributed by atoms with Gasteiger partial charge < -0.3 is 10.4 Å². The molecule has 0 saturated carbocycles. The van der Waals surface area contributed by atoms with Crippen LogP contribution in [-0.4, -0.2) is 16.6 Å². The van der Waals surface area contributed by atoms with E-state index in [1.807, 2.05) is 30.3 Å². The highest BCUT2D eigenvalue weighted by Crippen LogP contribution is 2.28. The summed E-state index contributed by atoms with van der Waals surface area (Å²) in [4.78, 5) is 9.95. The first-order valence-electron chi connectivity index (χ1n) is 6.35. The number of aliphatic hydroxyl groups is 1. The third kappa shape index (κ3) is 3.17. The van der Waals surface area contributed by atoms with Crippen molar-refractivity contribution in [1.29, 1.82) is 0 Å². The van der Waals surface area contributed by atoms with Crippen molar-refractivity contribution in [3.8, 4) is 0 Å². The van der Waals surface area contributed by atoms with Crippen LogP contribution in [0.5, 0.6) is 0 Å². The van der Waals surface area contributed by atoms with Crippen LogP contribution in [0.1, 0.15) is 12.5 Å². The molecule has 0 amide bonds. The second kappa shape index (κ2) is 5.88. The number of rotatable bonds is 5. The molecule has 0 bridgehead atoms. The van der Waals surface area contributed by atoms with Gasteiger partial charge in [0.25, 0.3) is 5.69 Å². The molecule has 0 aliphatic rings. The number of aliphatic hydroxyl groups excluding tert-OH is 1. The Bertz CT molecular complexity index is 649. The van der Waals surface area contributed by atoms with E-state index in [0.29, 0.717) is 0 Å². The first-order chi connectivity index (χ1) is 9.96. The third-order valence-electron chi connectivity index (χ3n) is 3.30. The lowest BCUT2D eigenvalue weighted by atomic mass is 9.92. The molecule has 1 unspecified atom stereocenters. The molecule has 0 heterocycles. The fraction of sp³-hybridized carbons (Fsp3) is 0.200. The molecule has 21 heavy (non-hydrogen) atoms. The fourth-order valence-electron chi connectivity index (χ4n) is 2.03. The second-order valence-electron chi connectivity index (χ2n) is 4.90. The van der Waals surface area contributed by atoms with Crippen LogP contribution >= 0.6 is 0 Å². The average Bonchev–Trinajstić information content (AvgIpc) is 2.50. The molecular formula is C15H15FN2O3. The van der Waals surface area contributed by atoms with Crippen molar-refractivity contribution in [2.75, 3.05) is 11.9 Å². The second-order valence-corrected chi connectivity index (χ2v) is 4.90. The van der Waals surface area contributed by atoms with Gasteiger partial charge in [-0.05, 0) is 18.6 Å². The molecule has 2 N–H and O–H groups in total. The van der Waals surface area contributed by atoms with Crippen LogP contribution in [0.4, 0.5) is 15.8 Å². The highest BCUT2D eigenvalue weighted by molar-refractivity contribution is 5.53. The highest BCUT2D eigenvalue weighted by atomic mass is 19.1. The lowest BCUT2D eigenvalue weighted by Gasteiger charge is -2.30. The number of hydrogen-bond donors (Lipinski definition) is 2. The van der Waals surface area contributed by atoms with Crippen molar-refractivity contribution in [2.45, 2.75) is 12.5 Å². The Kier molecular flexibility index (Phi) is 4.18. The van der Waals surface area contributed by atoms with Gasteiger partial charge in [0.2, 0.25) is 0 Å². The van der Waals surface area contributed by atoms with E-state index in [0.717, 1.165) is 11.6 Å². The summed E-state index contributed by atoms with van der Waals surface area (Å²) in [6, 6.07) is 12.5. The summed E-state index contributed by atoms with van der Waals surface area (Å²) >= 11 is 0. The Balaban J connectivity index is 2.33. The molecule has 0 fully saturated rings.